The van der Waals surface area contributed by atoms with Crippen molar-refractivity contribution in [2.75, 3.05) is 13.2 Å². The standard InChI is InChI=1S/C18H17NO4/c1-2-22-17(20)19-18(21)23-11-15-8-7-14-9-12-5-3-4-6-13(12)10-16(14)15/h3-6,8-10H,2,7,11H2,1H3,(H,19,20,21). The van der Waals surface area contributed by atoms with E-state index in [-0.39, 0.29) is 13.2 Å². The lowest BCUT2D eigenvalue weighted by molar-refractivity contribution is 0.134. The van der Waals surface area contributed by atoms with Crippen LogP contribution in [0, 0.1) is 0 Å². The number of imide groups is 1. The summed E-state index contributed by atoms with van der Waals surface area (Å²) in [7, 11) is 0. The predicted octanol–water partition coefficient (Wildman–Crippen LogP) is 3.66. The van der Waals surface area contributed by atoms with E-state index >= 15 is 0 Å². The largest absolute Gasteiger partial charge is 0.449 e. The number of hydrogen-bond acceptors (Lipinski definition) is 4. The summed E-state index contributed by atoms with van der Waals surface area (Å²) >= 11 is 0. The van der Waals surface area contributed by atoms with Crippen molar-refractivity contribution in [1.29, 1.82) is 0 Å². The van der Waals surface area contributed by atoms with E-state index in [1.165, 1.54) is 10.9 Å². The van der Waals surface area contributed by atoms with Crippen LogP contribution in [0.15, 0.2) is 42.5 Å². The normalized spacial score (nSPS) is 12.5. The second-order valence-corrected chi connectivity index (χ2v) is 5.21. The zero-order valence-corrected chi connectivity index (χ0v) is 12.8. The number of nitrogens with one attached hydrogen (secondary N) is 1. The summed E-state index contributed by atoms with van der Waals surface area (Å²) in [6, 6.07) is 12.4. The highest BCUT2D eigenvalue weighted by atomic mass is 16.6. The lowest BCUT2D eigenvalue weighted by Crippen LogP contribution is -2.31. The van der Waals surface area contributed by atoms with Gasteiger partial charge in [-0.3, -0.25) is 0 Å². The van der Waals surface area contributed by atoms with E-state index in [2.05, 4.69) is 29.0 Å². The number of benzene rings is 2. The quantitative estimate of drug-likeness (QED) is 0.939. The Hall–Kier alpha value is -2.82. The molecule has 2 aromatic rings. The first kappa shape index (κ1) is 15.1. The fourth-order valence-electron chi connectivity index (χ4n) is 2.66. The maximum atomic E-state index is 11.5. The molecular formula is C18H17NO4. The lowest BCUT2D eigenvalue weighted by atomic mass is 10.00. The molecule has 0 spiro atoms. The third-order valence-corrected chi connectivity index (χ3v) is 3.72. The smallest absolute Gasteiger partial charge is 0.416 e. The first-order chi connectivity index (χ1) is 11.2. The van der Waals surface area contributed by atoms with E-state index in [0.29, 0.717) is 0 Å². The number of hydrogen-bond donors (Lipinski definition) is 1. The Morgan fingerprint density at radius 2 is 1.78 bits per heavy atom. The van der Waals surface area contributed by atoms with Gasteiger partial charge < -0.3 is 9.47 Å². The molecule has 0 saturated heterocycles. The fraction of sp³-hybridized carbons (Fsp3) is 0.222. The molecule has 2 amide bonds. The second-order valence-electron chi connectivity index (χ2n) is 5.21. The Bertz CT molecular complexity index is 795. The number of fused-ring (bicyclic) bond motifs is 2. The number of ether oxygens (including phenoxy) is 2. The third kappa shape index (κ3) is 3.34. The SMILES string of the molecule is CCOC(=O)NC(=O)OCC1=CCc2cc3ccccc3cc21. The second kappa shape index (κ2) is 6.52. The van der Waals surface area contributed by atoms with Crippen LogP contribution < -0.4 is 5.32 Å². The average molecular weight is 311 g/mol. The van der Waals surface area contributed by atoms with Crippen molar-refractivity contribution in [3.8, 4) is 0 Å². The van der Waals surface area contributed by atoms with Crippen LogP contribution >= 0.6 is 0 Å². The van der Waals surface area contributed by atoms with Gasteiger partial charge in [0.2, 0.25) is 0 Å². The van der Waals surface area contributed by atoms with Crippen molar-refractivity contribution in [3.63, 3.8) is 0 Å². The van der Waals surface area contributed by atoms with Crippen molar-refractivity contribution < 1.29 is 19.1 Å². The Kier molecular flexibility index (Phi) is 4.28. The van der Waals surface area contributed by atoms with Gasteiger partial charge in [0.1, 0.15) is 6.61 Å². The molecular weight excluding hydrogens is 294 g/mol. The summed E-state index contributed by atoms with van der Waals surface area (Å²) in [5, 5.41) is 4.35. The highest BCUT2D eigenvalue weighted by Gasteiger charge is 2.17. The van der Waals surface area contributed by atoms with Crippen LogP contribution in [0.4, 0.5) is 9.59 Å². The minimum absolute atomic E-state index is 0.122. The molecule has 0 atom stereocenters. The van der Waals surface area contributed by atoms with Gasteiger partial charge in [-0.25, -0.2) is 14.9 Å². The number of alkyl carbamates (subject to hydrolysis) is 2. The molecule has 0 aromatic heterocycles. The van der Waals surface area contributed by atoms with Gasteiger partial charge >= 0.3 is 12.2 Å². The predicted molar refractivity (Wildman–Crippen MR) is 87.1 cm³/mol. The molecule has 2 aromatic carbocycles. The lowest BCUT2D eigenvalue weighted by Gasteiger charge is -2.09. The van der Waals surface area contributed by atoms with Crippen LogP contribution in [0.1, 0.15) is 18.1 Å². The van der Waals surface area contributed by atoms with Gasteiger partial charge in [0.15, 0.2) is 0 Å². The highest BCUT2D eigenvalue weighted by molar-refractivity contribution is 5.91. The van der Waals surface area contributed by atoms with Gasteiger partial charge in [-0.1, -0.05) is 36.4 Å². The topological polar surface area (TPSA) is 64.6 Å². The van der Waals surface area contributed by atoms with Crippen molar-refractivity contribution >= 4 is 28.5 Å². The molecule has 0 unspecified atom stereocenters. The van der Waals surface area contributed by atoms with E-state index in [9.17, 15) is 9.59 Å². The Labute approximate surface area is 133 Å². The molecule has 0 aliphatic heterocycles. The van der Waals surface area contributed by atoms with Crippen LogP contribution in [-0.4, -0.2) is 25.4 Å². The molecule has 5 heteroatoms. The van der Waals surface area contributed by atoms with E-state index in [0.717, 1.165) is 22.9 Å². The number of allylic oxidation sites excluding steroid dienone is 1. The van der Waals surface area contributed by atoms with E-state index < -0.39 is 12.2 Å². The maximum Gasteiger partial charge on any atom is 0.416 e. The molecule has 0 bridgehead atoms. The minimum atomic E-state index is -0.807. The van der Waals surface area contributed by atoms with Crippen molar-refractivity contribution in [2.24, 2.45) is 0 Å². The minimum Gasteiger partial charge on any atom is -0.449 e. The molecule has 5 nitrogen and oxygen atoms in total. The van der Waals surface area contributed by atoms with Gasteiger partial charge in [-0.15, -0.1) is 0 Å². The first-order valence-electron chi connectivity index (χ1n) is 7.49. The summed E-state index contributed by atoms with van der Waals surface area (Å²) in [6.45, 7) is 1.98. The van der Waals surface area contributed by atoms with Gasteiger partial charge in [0.05, 0.1) is 6.61 Å². The Balaban J connectivity index is 1.67. The number of carbonyl (C=O) groups excluding carboxylic acids is 2. The molecule has 118 valence electrons. The summed E-state index contributed by atoms with van der Waals surface area (Å²) in [5.74, 6) is 0. The fourth-order valence-corrected chi connectivity index (χ4v) is 2.66. The molecule has 1 aliphatic rings. The zero-order valence-electron chi connectivity index (χ0n) is 12.8. The van der Waals surface area contributed by atoms with Crippen LogP contribution in [-0.2, 0) is 15.9 Å². The van der Waals surface area contributed by atoms with Crippen LogP contribution in [0.3, 0.4) is 0 Å². The van der Waals surface area contributed by atoms with Gasteiger partial charge in [0.25, 0.3) is 0 Å². The average Bonchev–Trinajstić information content (AvgIpc) is 2.93. The van der Waals surface area contributed by atoms with Crippen LogP contribution in [0.2, 0.25) is 0 Å². The molecule has 1 N–H and O–H groups in total. The number of rotatable bonds is 3. The van der Waals surface area contributed by atoms with Gasteiger partial charge in [0, 0.05) is 0 Å². The van der Waals surface area contributed by atoms with E-state index in [1.807, 2.05) is 23.5 Å². The molecule has 0 saturated carbocycles. The van der Waals surface area contributed by atoms with Crippen molar-refractivity contribution in [2.45, 2.75) is 13.3 Å². The Morgan fingerprint density at radius 1 is 1.09 bits per heavy atom. The summed E-state index contributed by atoms with van der Waals surface area (Å²) in [6.07, 6.45) is 1.25. The molecule has 0 heterocycles. The molecule has 3 rings (SSSR count). The van der Waals surface area contributed by atoms with Crippen molar-refractivity contribution in [1.82, 2.24) is 5.32 Å². The number of carbonyl (C=O) groups is 2. The van der Waals surface area contributed by atoms with E-state index in [1.54, 1.807) is 6.92 Å². The molecule has 1 aliphatic carbocycles. The molecule has 23 heavy (non-hydrogen) atoms. The van der Waals surface area contributed by atoms with Crippen LogP contribution in [0.5, 0.6) is 0 Å². The third-order valence-electron chi connectivity index (χ3n) is 3.72. The zero-order chi connectivity index (χ0) is 16.2. The molecule has 0 radical (unpaired) electrons. The van der Waals surface area contributed by atoms with Crippen LogP contribution in [0.25, 0.3) is 16.3 Å². The highest BCUT2D eigenvalue weighted by Crippen LogP contribution is 2.31. The van der Waals surface area contributed by atoms with Gasteiger partial charge in [-0.05, 0) is 46.9 Å². The number of amides is 2. The monoisotopic (exact) mass is 311 g/mol. The Morgan fingerprint density at radius 3 is 2.52 bits per heavy atom. The summed E-state index contributed by atoms with van der Waals surface area (Å²) in [4.78, 5) is 22.7. The van der Waals surface area contributed by atoms with Crippen molar-refractivity contribution in [3.05, 3.63) is 53.6 Å². The van der Waals surface area contributed by atoms with E-state index in [4.69, 9.17) is 4.74 Å². The summed E-state index contributed by atoms with van der Waals surface area (Å²) in [5.41, 5.74) is 3.26. The summed E-state index contributed by atoms with van der Waals surface area (Å²) < 4.78 is 9.72. The maximum absolute atomic E-state index is 11.5. The first-order valence-corrected chi connectivity index (χ1v) is 7.49. The van der Waals surface area contributed by atoms with Gasteiger partial charge in [-0.2, -0.15) is 0 Å². The molecule has 0 fully saturated rings.